The van der Waals surface area contributed by atoms with Crippen LogP contribution in [-0.2, 0) is 17.6 Å². The minimum Gasteiger partial charge on any atom is -0.493 e. The van der Waals surface area contributed by atoms with E-state index in [0.717, 1.165) is 19.3 Å². The summed E-state index contributed by atoms with van der Waals surface area (Å²) in [5.74, 6) is 0.278. The van der Waals surface area contributed by atoms with Gasteiger partial charge in [-0.2, -0.15) is 0 Å². The maximum atomic E-state index is 12.2. The molecule has 1 aliphatic rings. The number of carbonyl (C=O) groups is 2. The lowest BCUT2D eigenvalue weighted by atomic mass is 10.1. The third kappa shape index (κ3) is 3.28. The van der Waals surface area contributed by atoms with E-state index in [2.05, 4.69) is 0 Å². The largest absolute Gasteiger partial charge is 0.493 e. The van der Waals surface area contributed by atoms with Gasteiger partial charge in [-0.25, -0.2) is 4.79 Å². The van der Waals surface area contributed by atoms with Gasteiger partial charge in [0.25, 0.3) is 0 Å². The molecule has 0 fully saturated rings. The molecule has 0 amide bonds. The Labute approximate surface area is 144 Å². The van der Waals surface area contributed by atoms with Crippen LogP contribution in [-0.4, -0.2) is 32.6 Å². The molecule has 0 radical (unpaired) electrons. The molecule has 126 valence electrons. The zero-order valence-corrected chi connectivity index (χ0v) is 14.4. The number of rotatable bonds is 6. The Kier molecular flexibility index (Phi) is 4.85. The van der Waals surface area contributed by atoms with Gasteiger partial charge in [0, 0.05) is 10.4 Å². The van der Waals surface area contributed by atoms with E-state index in [1.165, 1.54) is 36.0 Å². The van der Waals surface area contributed by atoms with Crippen LogP contribution in [0.25, 0.3) is 0 Å². The molecule has 3 rings (SSSR count). The van der Waals surface area contributed by atoms with Crippen LogP contribution >= 0.6 is 11.3 Å². The summed E-state index contributed by atoms with van der Waals surface area (Å²) in [7, 11) is 3.03. The van der Waals surface area contributed by atoms with Gasteiger partial charge in [-0.15, -0.1) is 11.3 Å². The lowest BCUT2D eigenvalue weighted by Crippen LogP contribution is -2.13. The van der Waals surface area contributed by atoms with Gasteiger partial charge in [0.05, 0.1) is 14.2 Å². The molecule has 0 unspecified atom stereocenters. The zero-order chi connectivity index (χ0) is 17.1. The van der Waals surface area contributed by atoms with Crippen molar-refractivity contribution < 1.29 is 23.8 Å². The molecular weight excluding hydrogens is 328 g/mol. The molecule has 24 heavy (non-hydrogen) atoms. The molecular formula is C18H18O5S. The topological polar surface area (TPSA) is 61.8 Å². The SMILES string of the molecule is COc1ccc(C(=O)COC(=O)c2cc3c(s2)CCC3)cc1OC. The fraction of sp³-hybridized carbons (Fsp3) is 0.333. The van der Waals surface area contributed by atoms with Gasteiger partial charge in [0.15, 0.2) is 23.9 Å². The van der Waals surface area contributed by atoms with Crippen LogP contribution in [0.2, 0.25) is 0 Å². The standard InChI is InChI=1S/C18H18O5S/c1-21-14-7-6-11(8-15(14)22-2)13(19)10-23-18(20)17-9-12-4-3-5-16(12)24-17/h6-9H,3-5,10H2,1-2H3. The van der Waals surface area contributed by atoms with E-state index in [4.69, 9.17) is 14.2 Å². The van der Waals surface area contributed by atoms with E-state index in [9.17, 15) is 9.59 Å². The molecule has 0 saturated heterocycles. The van der Waals surface area contributed by atoms with Gasteiger partial charge in [0.1, 0.15) is 4.88 Å². The predicted octanol–water partition coefficient (Wildman–Crippen LogP) is 3.29. The molecule has 0 atom stereocenters. The number of esters is 1. The number of carbonyl (C=O) groups excluding carboxylic acids is 2. The number of Topliss-reactive ketones (excluding diaryl/α,β-unsaturated/α-hetero) is 1. The molecule has 6 heteroatoms. The van der Waals surface area contributed by atoms with Crippen molar-refractivity contribution in [3.05, 3.63) is 45.1 Å². The quantitative estimate of drug-likeness (QED) is 0.593. The number of ketones is 1. The molecule has 0 saturated carbocycles. The van der Waals surface area contributed by atoms with Crippen molar-refractivity contribution in [1.29, 1.82) is 0 Å². The lowest BCUT2D eigenvalue weighted by Gasteiger charge is -2.09. The summed E-state index contributed by atoms with van der Waals surface area (Å²) in [5, 5.41) is 0. The summed E-state index contributed by atoms with van der Waals surface area (Å²) in [6, 6.07) is 6.74. The molecule has 5 nitrogen and oxygen atoms in total. The number of thiophene rings is 1. The average molecular weight is 346 g/mol. The minimum atomic E-state index is -0.441. The van der Waals surface area contributed by atoms with Gasteiger partial charge >= 0.3 is 5.97 Å². The summed E-state index contributed by atoms with van der Waals surface area (Å²) in [4.78, 5) is 26.1. The van der Waals surface area contributed by atoms with E-state index < -0.39 is 5.97 Å². The molecule has 0 spiro atoms. The second kappa shape index (κ2) is 7.05. The number of benzene rings is 1. The fourth-order valence-electron chi connectivity index (χ4n) is 2.72. The molecule has 1 aliphatic carbocycles. The first kappa shape index (κ1) is 16.5. The fourth-order valence-corrected chi connectivity index (χ4v) is 3.87. The van der Waals surface area contributed by atoms with Crippen molar-refractivity contribution in [2.24, 2.45) is 0 Å². The van der Waals surface area contributed by atoms with E-state index in [-0.39, 0.29) is 12.4 Å². The number of fused-ring (bicyclic) bond motifs is 1. The van der Waals surface area contributed by atoms with Crippen LogP contribution in [0.3, 0.4) is 0 Å². The van der Waals surface area contributed by atoms with Gasteiger partial charge in [-0.05, 0) is 49.1 Å². The number of aryl methyl sites for hydroxylation is 2. The Morgan fingerprint density at radius 2 is 1.88 bits per heavy atom. The third-order valence-corrected chi connectivity index (χ3v) is 5.20. The predicted molar refractivity (Wildman–Crippen MR) is 90.5 cm³/mol. The van der Waals surface area contributed by atoms with E-state index in [1.54, 1.807) is 18.2 Å². The second-order valence-electron chi connectivity index (χ2n) is 5.48. The molecule has 1 aromatic heterocycles. The molecule has 1 heterocycles. The first-order chi connectivity index (χ1) is 11.6. The van der Waals surface area contributed by atoms with Crippen LogP contribution in [0.1, 0.15) is 36.9 Å². The molecule has 0 aliphatic heterocycles. The first-order valence-electron chi connectivity index (χ1n) is 7.66. The number of ether oxygens (including phenoxy) is 3. The monoisotopic (exact) mass is 346 g/mol. The summed E-state index contributed by atoms with van der Waals surface area (Å²) >= 11 is 1.47. The van der Waals surface area contributed by atoms with E-state index in [0.29, 0.717) is 21.9 Å². The lowest BCUT2D eigenvalue weighted by molar-refractivity contribution is 0.0479. The number of methoxy groups -OCH3 is 2. The highest BCUT2D eigenvalue weighted by molar-refractivity contribution is 7.14. The van der Waals surface area contributed by atoms with Gasteiger partial charge < -0.3 is 14.2 Å². The van der Waals surface area contributed by atoms with Crippen LogP contribution < -0.4 is 9.47 Å². The van der Waals surface area contributed by atoms with Gasteiger partial charge in [0.2, 0.25) is 0 Å². The highest BCUT2D eigenvalue weighted by Crippen LogP contribution is 2.31. The van der Waals surface area contributed by atoms with Crippen LogP contribution in [0, 0.1) is 0 Å². The Balaban J connectivity index is 1.63. The van der Waals surface area contributed by atoms with Crippen molar-refractivity contribution in [3.8, 4) is 11.5 Å². The summed E-state index contributed by atoms with van der Waals surface area (Å²) in [6.07, 6.45) is 3.19. The molecule has 2 aromatic rings. The number of hydrogen-bond donors (Lipinski definition) is 0. The van der Waals surface area contributed by atoms with Crippen molar-refractivity contribution >= 4 is 23.1 Å². The second-order valence-corrected chi connectivity index (χ2v) is 6.62. The third-order valence-electron chi connectivity index (χ3n) is 3.99. The van der Waals surface area contributed by atoms with Crippen LogP contribution in [0.4, 0.5) is 0 Å². The van der Waals surface area contributed by atoms with Crippen molar-refractivity contribution in [3.63, 3.8) is 0 Å². The molecule has 0 bridgehead atoms. The smallest absolute Gasteiger partial charge is 0.348 e. The summed E-state index contributed by atoms with van der Waals surface area (Å²) in [6.45, 7) is -0.295. The highest BCUT2D eigenvalue weighted by atomic mass is 32.1. The van der Waals surface area contributed by atoms with Gasteiger partial charge in [-0.3, -0.25) is 4.79 Å². The van der Waals surface area contributed by atoms with Crippen LogP contribution in [0.5, 0.6) is 11.5 Å². The van der Waals surface area contributed by atoms with E-state index >= 15 is 0 Å². The highest BCUT2D eigenvalue weighted by Gasteiger charge is 2.20. The minimum absolute atomic E-state index is 0.284. The molecule has 1 aromatic carbocycles. The summed E-state index contributed by atoms with van der Waals surface area (Å²) in [5.41, 5.74) is 1.65. The maximum absolute atomic E-state index is 12.2. The van der Waals surface area contributed by atoms with Crippen molar-refractivity contribution in [2.75, 3.05) is 20.8 Å². The number of hydrogen-bond acceptors (Lipinski definition) is 6. The first-order valence-corrected chi connectivity index (χ1v) is 8.48. The maximum Gasteiger partial charge on any atom is 0.348 e. The van der Waals surface area contributed by atoms with Gasteiger partial charge in [-0.1, -0.05) is 0 Å². The Morgan fingerprint density at radius 1 is 1.08 bits per heavy atom. The van der Waals surface area contributed by atoms with E-state index in [1.807, 2.05) is 6.07 Å². The zero-order valence-electron chi connectivity index (χ0n) is 13.6. The Hall–Kier alpha value is -2.34. The molecule has 0 N–H and O–H groups in total. The van der Waals surface area contributed by atoms with Crippen molar-refractivity contribution in [1.82, 2.24) is 0 Å². The van der Waals surface area contributed by atoms with Crippen molar-refractivity contribution in [2.45, 2.75) is 19.3 Å². The Morgan fingerprint density at radius 3 is 2.58 bits per heavy atom. The van der Waals surface area contributed by atoms with Crippen LogP contribution in [0.15, 0.2) is 24.3 Å². The normalized spacial score (nSPS) is 12.6. The Bertz CT molecular complexity index is 756. The average Bonchev–Trinajstić information content (AvgIpc) is 3.20. The summed E-state index contributed by atoms with van der Waals surface area (Å²) < 4.78 is 15.5.